The standard InChI is InChI=1S/C46H31N3/c1-30-26-41(36-21-20-32-14-8-9-17-35(32)27-36)40-24-22-34-23-25-42(49-45(34)46(40)47-30)38-18-10-11-19-39(38)44-29-37(31-12-4-2-5-13-31)28-43(48-44)33-15-6-3-7-16-33/h2-29H,1H3. The van der Waals surface area contributed by atoms with Gasteiger partial charge in [-0.25, -0.2) is 9.97 Å². The summed E-state index contributed by atoms with van der Waals surface area (Å²) in [6, 6.07) is 59.7. The van der Waals surface area contributed by atoms with Gasteiger partial charge in [-0.3, -0.25) is 4.98 Å². The van der Waals surface area contributed by atoms with Crippen LogP contribution in [-0.4, -0.2) is 15.0 Å². The van der Waals surface area contributed by atoms with E-state index in [9.17, 15) is 0 Å². The minimum absolute atomic E-state index is 0.888. The largest absolute Gasteiger partial charge is 0.251 e. The summed E-state index contributed by atoms with van der Waals surface area (Å²) in [5, 5.41) is 4.61. The third-order valence-corrected chi connectivity index (χ3v) is 9.31. The van der Waals surface area contributed by atoms with E-state index in [0.717, 1.165) is 78.0 Å². The molecule has 0 saturated heterocycles. The Balaban J connectivity index is 1.22. The fourth-order valence-electron chi connectivity index (χ4n) is 6.90. The zero-order valence-electron chi connectivity index (χ0n) is 27.0. The Morgan fingerprint density at radius 3 is 1.76 bits per heavy atom. The summed E-state index contributed by atoms with van der Waals surface area (Å²) >= 11 is 0. The van der Waals surface area contributed by atoms with Gasteiger partial charge >= 0.3 is 0 Å². The van der Waals surface area contributed by atoms with Crippen LogP contribution in [0.4, 0.5) is 0 Å². The van der Waals surface area contributed by atoms with Crippen molar-refractivity contribution in [3.8, 4) is 56.0 Å². The second kappa shape index (κ2) is 12.0. The molecule has 3 aromatic heterocycles. The molecular formula is C46H31N3. The lowest BCUT2D eigenvalue weighted by Crippen LogP contribution is -1.95. The highest BCUT2D eigenvalue weighted by molar-refractivity contribution is 6.09. The summed E-state index contributed by atoms with van der Waals surface area (Å²) in [5.74, 6) is 0. The Labute approximate surface area is 285 Å². The fraction of sp³-hybridized carbons (Fsp3) is 0.0217. The predicted octanol–water partition coefficient (Wildman–Crippen LogP) is 12.0. The zero-order valence-corrected chi connectivity index (χ0v) is 27.0. The van der Waals surface area contributed by atoms with Crippen LogP contribution in [0.1, 0.15) is 5.69 Å². The lowest BCUT2D eigenvalue weighted by molar-refractivity contribution is 1.25. The van der Waals surface area contributed by atoms with E-state index in [0.29, 0.717) is 0 Å². The van der Waals surface area contributed by atoms with Crippen LogP contribution in [0.15, 0.2) is 170 Å². The lowest BCUT2D eigenvalue weighted by atomic mass is 9.95. The van der Waals surface area contributed by atoms with Crippen LogP contribution in [0.3, 0.4) is 0 Å². The average Bonchev–Trinajstić information content (AvgIpc) is 3.17. The molecule has 49 heavy (non-hydrogen) atoms. The van der Waals surface area contributed by atoms with Gasteiger partial charge in [-0.05, 0) is 70.3 Å². The Bertz CT molecular complexity index is 2600. The number of benzene rings is 6. The van der Waals surface area contributed by atoms with E-state index in [-0.39, 0.29) is 0 Å². The highest BCUT2D eigenvalue weighted by Gasteiger charge is 2.16. The Morgan fingerprint density at radius 2 is 0.959 bits per heavy atom. The highest BCUT2D eigenvalue weighted by Crippen LogP contribution is 2.38. The maximum atomic E-state index is 5.36. The van der Waals surface area contributed by atoms with Gasteiger partial charge in [-0.15, -0.1) is 0 Å². The van der Waals surface area contributed by atoms with Crippen LogP contribution in [0.5, 0.6) is 0 Å². The molecule has 0 spiro atoms. The first-order chi connectivity index (χ1) is 24.2. The SMILES string of the molecule is Cc1cc(-c2ccc3ccccc3c2)c2ccc3ccc(-c4ccccc4-c4cc(-c5ccccc5)cc(-c5ccccc5)n4)nc3c2n1. The molecule has 230 valence electrons. The summed E-state index contributed by atoms with van der Waals surface area (Å²) < 4.78 is 0. The van der Waals surface area contributed by atoms with Crippen molar-refractivity contribution < 1.29 is 0 Å². The summed E-state index contributed by atoms with van der Waals surface area (Å²) in [4.78, 5) is 15.7. The van der Waals surface area contributed by atoms with Crippen molar-refractivity contribution in [3.63, 3.8) is 0 Å². The summed E-state index contributed by atoms with van der Waals surface area (Å²) in [7, 11) is 0. The molecule has 0 unspecified atom stereocenters. The molecule has 3 heterocycles. The van der Waals surface area contributed by atoms with E-state index in [1.807, 2.05) is 6.07 Å². The number of aromatic nitrogens is 3. The average molecular weight is 626 g/mol. The van der Waals surface area contributed by atoms with E-state index in [1.54, 1.807) is 0 Å². The van der Waals surface area contributed by atoms with Gasteiger partial charge in [0.15, 0.2) is 0 Å². The van der Waals surface area contributed by atoms with Crippen LogP contribution >= 0.6 is 0 Å². The summed E-state index contributed by atoms with van der Waals surface area (Å²) in [6.45, 7) is 2.07. The van der Waals surface area contributed by atoms with Gasteiger partial charge in [-0.1, -0.05) is 140 Å². The number of hydrogen-bond donors (Lipinski definition) is 0. The van der Waals surface area contributed by atoms with Crippen molar-refractivity contribution in [1.29, 1.82) is 0 Å². The molecule has 0 atom stereocenters. The number of pyridine rings is 3. The van der Waals surface area contributed by atoms with E-state index in [1.165, 1.54) is 16.3 Å². The monoisotopic (exact) mass is 625 g/mol. The van der Waals surface area contributed by atoms with E-state index in [4.69, 9.17) is 15.0 Å². The molecule has 0 bridgehead atoms. The van der Waals surface area contributed by atoms with Gasteiger partial charge in [0.05, 0.1) is 28.1 Å². The van der Waals surface area contributed by atoms with Crippen LogP contribution in [-0.2, 0) is 0 Å². The van der Waals surface area contributed by atoms with E-state index in [2.05, 4.69) is 171 Å². The van der Waals surface area contributed by atoms with E-state index < -0.39 is 0 Å². The van der Waals surface area contributed by atoms with Crippen molar-refractivity contribution >= 4 is 32.6 Å². The molecule has 6 aromatic carbocycles. The molecule has 0 aliphatic heterocycles. The van der Waals surface area contributed by atoms with Crippen molar-refractivity contribution in [1.82, 2.24) is 15.0 Å². The van der Waals surface area contributed by atoms with Crippen LogP contribution in [0.2, 0.25) is 0 Å². The molecule has 9 aromatic rings. The van der Waals surface area contributed by atoms with E-state index >= 15 is 0 Å². The smallest absolute Gasteiger partial charge is 0.0974 e. The van der Waals surface area contributed by atoms with Gasteiger partial charge in [0.1, 0.15) is 0 Å². The van der Waals surface area contributed by atoms with Crippen molar-refractivity contribution in [2.45, 2.75) is 6.92 Å². The Hall–Kier alpha value is -6.45. The van der Waals surface area contributed by atoms with Gasteiger partial charge in [0.2, 0.25) is 0 Å². The summed E-state index contributed by atoms with van der Waals surface area (Å²) in [5.41, 5.74) is 13.3. The first kappa shape index (κ1) is 28.7. The lowest BCUT2D eigenvalue weighted by Gasteiger charge is -2.14. The van der Waals surface area contributed by atoms with Crippen molar-refractivity contribution in [2.24, 2.45) is 0 Å². The number of aryl methyl sites for hydroxylation is 1. The van der Waals surface area contributed by atoms with Gasteiger partial charge in [0, 0.05) is 33.2 Å². The van der Waals surface area contributed by atoms with Crippen LogP contribution in [0.25, 0.3) is 88.6 Å². The second-order valence-electron chi connectivity index (χ2n) is 12.5. The summed E-state index contributed by atoms with van der Waals surface area (Å²) in [6.07, 6.45) is 0. The molecular weight excluding hydrogens is 595 g/mol. The minimum Gasteiger partial charge on any atom is -0.251 e. The number of rotatable bonds is 5. The quantitative estimate of drug-likeness (QED) is 0.179. The molecule has 0 saturated carbocycles. The molecule has 3 nitrogen and oxygen atoms in total. The third kappa shape index (κ3) is 5.32. The highest BCUT2D eigenvalue weighted by atomic mass is 14.8. The van der Waals surface area contributed by atoms with Crippen molar-refractivity contribution in [3.05, 3.63) is 176 Å². The Kier molecular flexibility index (Phi) is 7.02. The third-order valence-electron chi connectivity index (χ3n) is 9.31. The molecule has 0 aliphatic rings. The topological polar surface area (TPSA) is 38.7 Å². The first-order valence-corrected chi connectivity index (χ1v) is 16.6. The first-order valence-electron chi connectivity index (χ1n) is 16.6. The Morgan fingerprint density at radius 1 is 0.327 bits per heavy atom. The molecule has 3 heteroatoms. The van der Waals surface area contributed by atoms with Gasteiger partial charge in [0.25, 0.3) is 0 Å². The maximum absolute atomic E-state index is 5.36. The number of nitrogens with zero attached hydrogens (tertiary/aromatic N) is 3. The fourth-order valence-corrected chi connectivity index (χ4v) is 6.90. The second-order valence-corrected chi connectivity index (χ2v) is 12.5. The predicted molar refractivity (Wildman–Crippen MR) is 204 cm³/mol. The molecule has 0 radical (unpaired) electrons. The normalized spacial score (nSPS) is 11.4. The van der Waals surface area contributed by atoms with Crippen LogP contribution in [0, 0.1) is 6.92 Å². The minimum atomic E-state index is 0.888. The molecule has 0 fully saturated rings. The molecule has 0 amide bonds. The maximum Gasteiger partial charge on any atom is 0.0974 e. The molecule has 9 rings (SSSR count). The van der Waals surface area contributed by atoms with Gasteiger partial charge < -0.3 is 0 Å². The number of fused-ring (bicyclic) bond motifs is 4. The number of hydrogen-bond acceptors (Lipinski definition) is 3. The molecule has 0 N–H and O–H groups in total. The molecule has 0 aliphatic carbocycles. The van der Waals surface area contributed by atoms with Crippen molar-refractivity contribution in [2.75, 3.05) is 0 Å². The zero-order chi connectivity index (χ0) is 32.7. The van der Waals surface area contributed by atoms with Crippen LogP contribution < -0.4 is 0 Å². The van der Waals surface area contributed by atoms with Gasteiger partial charge in [-0.2, -0.15) is 0 Å².